The molecule has 4 nitrogen and oxygen atoms in total. The zero-order valence-electron chi connectivity index (χ0n) is 11.8. The molecule has 18 heavy (non-hydrogen) atoms. The van der Waals surface area contributed by atoms with Crippen molar-refractivity contribution in [3.8, 4) is 0 Å². The monoisotopic (exact) mass is 277 g/mol. The molecule has 0 spiro atoms. The molecule has 0 saturated carbocycles. The van der Waals surface area contributed by atoms with Crippen LogP contribution in [0, 0.1) is 5.92 Å². The standard InChI is InChI=1S/C13H27NO3S/c1-4-7-14-12(13(16)17-5-2)6-8-18-10-11(3)9-15/h11-12,14-15H,4-10H2,1-3H3. The summed E-state index contributed by atoms with van der Waals surface area (Å²) in [6.07, 6.45) is 1.78. The van der Waals surface area contributed by atoms with Crippen molar-refractivity contribution >= 4 is 17.7 Å². The van der Waals surface area contributed by atoms with Gasteiger partial charge in [-0.25, -0.2) is 0 Å². The van der Waals surface area contributed by atoms with Crippen molar-refractivity contribution in [1.29, 1.82) is 0 Å². The first-order chi connectivity index (χ1) is 8.65. The van der Waals surface area contributed by atoms with Gasteiger partial charge in [-0.15, -0.1) is 0 Å². The van der Waals surface area contributed by atoms with Gasteiger partial charge in [0, 0.05) is 6.61 Å². The molecule has 0 aromatic rings. The van der Waals surface area contributed by atoms with Crippen molar-refractivity contribution < 1.29 is 14.6 Å². The maximum absolute atomic E-state index is 11.7. The summed E-state index contributed by atoms with van der Waals surface area (Å²) in [6.45, 7) is 7.41. The number of ether oxygens (including phenoxy) is 1. The van der Waals surface area contributed by atoms with Gasteiger partial charge < -0.3 is 15.2 Å². The quantitative estimate of drug-likeness (QED) is 0.444. The number of esters is 1. The molecule has 2 unspecified atom stereocenters. The van der Waals surface area contributed by atoms with E-state index in [-0.39, 0.29) is 18.6 Å². The van der Waals surface area contributed by atoms with Gasteiger partial charge >= 0.3 is 5.97 Å². The Kier molecular flexibility index (Phi) is 11.6. The van der Waals surface area contributed by atoms with Crippen LogP contribution in [0.1, 0.15) is 33.6 Å². The van der Waals surface area contributed by atoms with Crippen LogP contribution in [0.4, 0.5) is 0 Å². The lowest BCUT2D eigenvalue weighted by Crippen LogP contribution is -2.39. The molecule has 0 aliphatic heterocycles. The minimum Gasteiger partial charge on any atom is -0.465 e. The minimum absolute atomic E-state index is 0.151. The van der Waals surface area contributed by atoms with E-state index in [1.807, 2.05) is 13.8 Å². The Labute approximate surface area is 115 Å². The fraction of sp³-hybridized carbons (Fsp3) is 0.923. The Morgan fingerprint density at radius 1 is 1.44 bits per heavy atom. The van der Waals surface area contributed by atoms with Crippen LogP contribution in [-0.4, -0.2) is 48.4 Å². The number of thioether (sulfide) groups is 1. The topological polar surface area (TPSA) is 58.6 Å². The average molecular weight is 277 g/mol. The van der Waals surface area contributed by atoms with Crippen LogP contribution in [0.25, 0.3) is 0 Å². The van der Waals surface area contributed by atoms with Crippen molar-refractivity contribution in [2.24, 2.45) is 5.92 Å². The van der Waals surface area contributed by atoms with Crippen LogP contribution >= 0.6 is 11.8 Å². The Bertz CT molecular complexity index is 214. The highest BCUT2D eigenvalue weighted by molar-refractivity contribution is 7.99. The van der Waals surface area contributed by atoms with E-state index in [1.165, 1.54) is 0 Å². The Hall–Kier alpha value is -0.260. The van der Waals surface area contributed by atoms with E-state index in [2.05, 4.69) is 12.2 Å². The number of aliphatic hydroxyl groups is 1. The van der Waals surface area contributed by atoms with E-state index < -0.39 is 0 Å². The van der Waals surface area contributed by atoms with Crippen molar-refractivity contribution in [1.82, 2.24) is 5.32 Å². The summed E-state index contributed by atoms with van der Waals surface area (Å²) in [5, 5.41) is 12.1. The summed E-state index contributed by atoms with van der Waals surface area (Å²) in [4.78, 5) is 11.7. The zero-order valence-corrected chi connectivity index (χ0v) is 12.6. The van der Waals surface area contributed by atoms with Gasteiger partial charge in [0.05, 0.1) is 6.61 Å². The van der Waals surface area contributed by atoms with Crippen LogP contribution in [-0.2, 0) is 9.53 Å². The van der Waals surface area contributed by atoms with Crippen molar-refractivity contribution in [3.05, 3.63) is 0 Å². The Morgan fingerprint density at radius 2 is 2.17 bits per heavy atom. The molecule has 0 aliphatic carbocycles. The second-order valence-corrected chi connectivity index (χ2v) is 5.56. The van der Waals surface area contributed by atoms with E-state index in [4.69, 9.17) is 9.84 Å². The summed E-state index contributed by atoms with van der Waals surface area (Å²) in [5.74, 6) is 2.01. The first-order valence-electron chi connectivity index (χ1n) is 6.74. The highest BCUT2D eigenvalue weighted by atomic mass is 32.2. The Balaban J connectivity index is 3.89. The third-order valence-corrected chi connectivity index (χ3v) is 3.81. The van der Waals surface area contributed by atoms with Gasteiger partial charge in [0.15, 0.2) is 0 Å². The van der Waals surface area contributed by atoms with Gasteiger partial charge in [0.2, 0.25) is 0 Å². The number of nitrogens with one attached hydrogen (secondary N) is 1. The predicted molar refractivity (Wildman–Crippen MR) is 76.9 cm³/mol. The number of aliphatic hydroxyl groups excluding tert-OH is 1. The van der Waals surface area contributed by atoms with Crippen molar-refractivity contribution in [2.45, 2.75) is 39.7 Å². The van der Waals surface area contributed by atoms with Gasteiger partial charge in [-0.2, -0.15) is 11.8 Å². The largest absolute Gasteiger partial charge is 0.465 e. The molecule has 0 aliphatic rings. The van der Waals surface area contributed by atoms with E-state index >= 15 is 0 Å². The second-order valence-electron chi connectivity index (χ2n) is 4.41. The number of rotatable bonds is 11. The highest BCUT2D eigenvalue weighted by Crippen LogP contribution is 2.11. The summed E-state index contributed by atoms with van der Waals surface area (Å²) < 4.78 is 5.05. The molecule has 0 fully saturated rings. The number of carbonyl (C=O) groups is 1. The molecular weight excluding hydrogens is 250 g/mol. The summed E-state index contributed by atoms with van der Waals surface area (Å²) >= 11 is 1.78. The van der Waals surface area contributed by atoms with E-state index in [0.29, 0.717) is 12.5 Å². The summed E-state index contributed by atoms with van der Waals surface area (Å²) in [6, 6.07) is -0.193. The first kappa shape index (κ1) is 17.7. The maximum atomic E-state index is 11.7. The van der Waals surface area contributed by atoms with Crippen LogP contribution in [0.15, 0.2) is 0 Å². The molecule has 5 heteroatoms. The normalized spacial score (nSPS) is 14.2. The fourth-order valence-electron chi connectivity index (χ4n) is 1.40. The van der Waals surface area contributed by atoms with Gasteiger partial charge in [0.25, 0.3) is 0 Å². The second kappa shape index (κ2) is 11.8. The van der Waals surface area contributed by atoms with Crippen molar-refractivity contribution in [2.75, 3.05) is 31.3 Å². The van der Waals surface area contributed by atoms with Crippen LogP contribution < -0.4 is 5.32 Å². The van der Waals surface area contributed by atoms with Crippen LogP contribution in [0.2, 0.25) is 0 Å². The molecular formula is C13H27NO3S. The third-order valence-electron chi connectivity index (χ3n) is 2.48. The molecule has 2 atom stereocenters. The van der Waals surface area contributed by atoms with E-state index in [0.717, 1.165) is 30.9 Å². The van der Waals surface area contributed by atoms with E-state index in [9.17, 15) is 4.79 Å². The van der Waals surface area contributed by atoms with Crippen LogP contribution in [0.3, 0.4) is 0 Å². The number of hydrogen-bond acceptors (Lipinski definition) is 5. The van der Waals surface area contributed by atoms with Crippen molar-refractivity contribution in [3.63, 3.8) is 0 Å². The van der Waals surface area contributed by atoms with Gasteiger partial charge in [-0.05, 0) is 43.7 Å². The molecule has 0 bridgehead atoms. The summed E-state index contributed by atoms with van der Waals surface area (Å²) in [5.41, 5.74) is 0. The lowest BCUT2D eigenvalue weighted by atomic mass is 10.2. The zero-order chi connectivity index (χ0) is 13.8. The molecule has 0 aromatic carbocycles. The molecule has 0 saturated heterocycles. The Morgan fingerprint density at radius 3 is 2.72 bits per heavy atom. The highest BCUT2D eigenvalue weighted by Gasteiger charge is 2.18. The van der Waals surface area contributed by atoms with Gasteiger partial charge in [0.1, 0.15) is 6.04 Å². The lowest BCUT2D eigenvalue weighted by Gasteiger charge is -2.17. The smallest absolute Gasteiger partial charge is 0.323 e. The van der Waals surface area contributed by atoms with Crippen LogP contribution in [0.5, 0.6) is 0 Å². The predicted octanol–water partition coefficient (Wildman–Crippen LogP) is 1.67. The minimum atomic E-state index is -0.193. The molecule has 0 aromatic heterocycles. The first-order valence-corrected chi connectivity index (χ1v) is 7.89. The SMILES string of the molecule is CCCNC(CCSCC(C)CO)C(=O)OCC. The average Bonchev–Trinajstić information content (AvgIpc) is 2.37. The summed E-state index contributed by atoms with van der Waals surface area (Å²) in [7, 11) is 0. The number of hydrogen-bond donors (Lipinski definition) is 2. The lowest BCUT2D eigenvalue weighted by molar-refractivity contribution is -0.145. The molecule has 0 rings (SSSR count). The van der Waals surface area contributed by atoms with Gasteiger partial charge in [-0.3, -0.25) is 4.79 Å². The molecule has 108 valence electrons. The fourth-order valence-corrected chi connectivity index (χ4v) is 2.48. The van der Waals surface area contributed by atoms with E-state index in [1.54, 1.807) is 11.8 Å². The molecule has 0 radical (unpaired) electrons. The molecule has 2 N–H and O–H groups in total. The number of carbonyl (C=O) groups excluding carboxylic acids is 1. The molecule has 0 amide bonds. The van der Waals surface area contributed by atoms with Gasteiger partial charge in [-0.1, -0.05) is 13.8 Å². The molecule has 0 heterocycles. The third kappa shape index (κ3) is 8.78. The maximum Gasteiger partial charge on any atom is 0.323 e.